The van der Waals surface area contributed by atoms with Crippen molar-refractivity contribution >= 4 is 17.5 Å². The van der Waals surface area contributed by atoms with Crippen molar-refractivity contribution < 1.29 is 9.18 Å². The van der Waals surface area contributed by atoms with E-state index in [1.807, 2.05) is 4.90 Å². The molecule has 1 aromatic carbocycles. The fourth-order valence-electron chi connectivity index (χ4n) is 3.52. The summed E-state index contributed by atoms with van der Waals surface area (Å²) >= 11 is 0. The van der Waals surface area contributed by atoms with E-state index in [0.29, 0.717) is 11.6 Å². The van der Waals surface area contributed by atoms with Gasteiger partial charge in [0.05, 0.1) is 0 Å². The molecule has 0 aliphatic carbocycles. The molecule has 2 aliphatic heterocycles. The van der Waals surface area contributed by atoms with Gasteiger partial charge in [-0.15, -0.1) is 0 Å². The summed E-state index contributed by atoms with van der Waals surface area (Å²) in [6.07, 6.45) is 3.79. The highest BCUT2D eigenvalue weighted by molar-refractivity contribution is 5.92. The van der Waals surface area contributed by atoms with Crippen LogP contribution in [0.1, 0.15) is 23.3 Å². The Hall–Kier alpha value is -2.70. The Morgan fingerprint density at radius 2 is 1.54 bits per heavy atom. The molecule has 6 nitrogen and oxygen atoms in total. The second-order valence-electron chi connectivity index (χ2n) is 6.69. The number of likely N-dealkylation sites (tertiary alicyclic amines) is 1. The molecule has 136 valence electrons. The summed E-state index contributed by atoms with van der Waals surface area (Å²) in [7, 11) is 0. The van der Waals surface area contributed by atoms with Crippen LogP contribution in [0.25, 0.3) is 0 Å². The molecule has 0 unspecified atom stereocenters. The van der Waals surface area contributed by atoms with E-state index < -0.39 is 0 Å². The van der Waals surface area contributed by atoms with Gasteiger partial charge in [-0.2, -0.15) is 0 Å². The number of halogens is 1. The standard InChI is InChI=1S/C19H22FN5O/c20-15-3-5-16(6-4-15)23-11-13-25(14-12-23)19-21-8-7-17(22-19)18(26)24-9-1-2-10-24/h3-8H,1-2,9-14H2. The topological polar surface area (TPSA) is 52.6 Å². The van der Waals surface area contributed by atoms with Crippen LogP contribution in [0.5, 0.6) is 0 Å². The monoisotopic (exact) mass is 355 g/mol. The maximum absolute atomic E-state index is 13.1. The zero-order chi connectivity index (χ0) is 17.9. The maximum Gasteiger partial charge on any atom is 0.272 e. The van der Waals surface area contributed by atoms with E-state index in [9.17, 15) is 9.18 Å². The van der Waals surface area contributed by atoms with Crippen LogP contribution in [0.15, 0.2) is 36.5 Å². The summed E-state index contributed by atoms with van der Waals surface area (Å²) in [5.41, 5.74) is 1.49. The molecule has 2 fully saturated rings. The lowest BCUT2D eigenvalue weighted by Crippen LogP contribution is -2.47. The fourth-order valence-corrected chi connectivity index (χ4v) is 3.52. The van der Waals surface area contributed by atoms with E-state index >= 15 is 0 Å². The molecule has 0 bridgehead atoms. The molecule has 2 saturated heterocycles. The van der Waals surface area contributed by atoms with Crippen molar-refractivity contribution in [3.05, 3.63) is 48.0 Å². The summed E-state index contributed by atoms with van der Waals surface area (Å²) in [4.78, 5) is 27.6. The first-order chi connectivity index (χ1) is 12.7. The van der Waals surface area contributed by atoms with E-state index in [0.717, 1.165) is 57.8 Å². The zero-order valence-electron chi connectivity index (χ0n) is 14.6. The summed E-state index contributed by atoms with van der Waals surface area (Å²) in [5, 5.41) is 0. The lowest BCUT2D eigenvalue weighted by atomic mass is 10.2. The van der Waals surface area contributed by atoms with Gasteiger partial charge in [0.25, 0.3) is 5.91 Å². The van der Waals surface area contributed by atoms with Gasteiger partial charge in [0, 0.05) is 51.2 Å². The van der Waals surface area contributed by atoms with Gasteiger partial charge in [-0.1, -0.05) is 0 Å². The Morgan fingerprint density at radius 3 is 2.23 bits per heavy atom. The molecule has 2 aliphatic rings. The molecule has 0 saturated carbocycles. The third-order valence-electron chi connectivity index (χ3n) is 5.01. The van der Waals surface area contributed by atoms with Gasteiger partial charge in [0.15, 0.2) is 0 Å². The zero-order valence-corrected chi connectivity index (χ0v) is 14.6. The molecule has 4 rings (SSSR count). The highest BCUT2D eigenvalue weighted by Crippen LogP contribution is 2.19. The minimum Gasteiger partial charge on any atom is -0.368 e. The van der Waals surface area contributed by atoms with Crippen molar-refractivity contribution in [2.75, 3.05) is 49.1 Å². The van der Waals surface area contributed by atoms with Gasteiger partial charge < -0.3 is 14.7 Å². The lowest BCUT2D eigenvalue weighted by Gasteiger charge is -2.36. The van der Waals surface area contributed by atoms with Gasteiger partial charge in [0.1, 0.15) is 11.5 Å². The molecule has 2 aromatic rings. The Balaban J connectivity index is 1.42. The number of nitrogens with zero attached hydrogens (tertiary/aromatic N) is 5. The maximum atomic E-state index is 13.1. The number of piperazine rings is 1. The number of benzene rings is 1. The van der Waals surface area contributed by atoms with E-state index in [1.165, 1.54) is 12.1 Å². The summed E-state index contributed by atoms with van der Waals surface area (Å²) in [6.45, 7) is 4.76. The van der Waals surface area contributed by atoms with Gasteiger partial charge >= 0.3 is 0 Å². The van der Waals surface area contributed by atoms with Gasteiger partial charge in [-0.05, 0) is 43.2 Å². The summed E-state index contributed by atoms with van der Waals surface area (Å²) < 4.78 is 13.1. The highest BCUT2D eigenvalue weighted by atomic mass is 19.1. The van der Waals surface area contributed by atoms with Gasteiger partial charge in [-0.3, -0.25) is 4.79 Å². The van der Waals surface area contributed by atoms with Gasteiger partial charge in [0.2, 0.25) is 5.95 Å². The summed E-state index contributed by atoms with van der Waals surface area (Å²) in [6, 6.07) is 8.27. The second kappa shape index (κ2) is 7.27. The molecule has 0 spiro atoms. The normalized spacial score (nSPS) is 17.7. The second-order valence-corrected chi connectivity index (χ2v) is 6.69. The van der Waals surface area contributed by atoms with Crippen molar-refractivity contribution in [2.24, 2.45) is 0 Å². The number of hydrogen-bond acceptors (Lipinski definition) is 5. The van der Waals surface area contributed by atoms with E-state index in [2.05, 4.69) is 19.8 Å². The van der Waals surface area contributed by atoms with E-state index in [4.69, 9.17) is 0 Å². The third kappa shape index (κ3) is 3.47. The van der Waals surface area contributed by atoms with Crippen LogP contribution in [0.2, 0.25) is 0 Å². The van der Waals surface area contributed by atoms with Crippen LogP contribution >= 0.6 is 0 Å². The predicted octanol–water partition coefficient (Wildman–Crippen LogP) is 2.18. The largest absolute Gasteiger partial charge is 0.368 e. The first-order valence-electron chi connectivity index (χ1n) is 9.08. The average molecular weight is 355 g/mol. The Bertz CT molecular complexity index is 768. The molecular formula is C19H22FN5O. The SMILES string of the molecule is O=C(c1ccnc(N2CCN(c3ccc(F)cc3)CC2)n1)N1CCCC1. The number of anilines is 2. The van der Waals surface area contributed by atoms with Crippen LogP contribution in [0.3, 0.4) is 0 Å². The van der Waals surface area contributed by atoms with Crippen LogP contribution in [-0.4, -0.2) is 60.0 Å². The molecule has 26 heavy (non-hydrogen) atoms. The first-order valence-corrected chi connectivity index (χ1v) is 9.08. The molecule has 0 N–H and O–H groups in total. The number of rotatable bonds is 3. The molecule has 1 aromatic heterocycles. The molecule has 3 heterocycles. The Labute approximate surface area is 152 Å². The van der Waals surface area contributed by atoms with Crippen molar-refractivity contribution in [3.8, 4) is 0 Å². The van der Waals surface area contributed by atoms with Crippen molar-refractivity contribution in [1.29, 1.82) is 0 Å². The predicted molar refractivity (Wildman–Crippen MR) is 98.0 cm³/mol. The van der Waals surface area contributed by atoms with E-state index in [-0.39, 0.29) is 11.7 Å². The van der Waals surface area contributed by atoms with Crippen LogP contribution in [0, 0.1) is 5.82 Å². The summed E-state index contributed by atoms with van der Waals surface area (Å²) in [5.74, 6) is 0.380. The molecule has 1 amide bonds. The Kier molecular flexibility index (Phi) is 4.69. The quantitative estimate of drug-likeness (QED) is 0.845. The van der Waals surface area contributed by atoms with Crippen LogP contribution in [-0.2, 0) is 0 Å². The molecular weight excluding hydrogens is 333 g/mol. The average Bonchev–Trinajstić information content (AvgIpc) is 3.23. The lowest BCUT2D eigenvalue weighted by molar-refractivity contribution is 0.0787. The van der Waals surface area contributed by atoms with Crippen molar-refractivity contribution in [3.63, 3.8) is 0 Å². The highest BCUT2D eigenvalue weighted by Gasteiger charge is 2.23. The Morgan fingerprint density at radius 1 is 0.885 bits per heavy atom. The third-order valence-corrected chi connectivity index (χ3v) is 5.01. The van der Waals surface area contributed by atoms with Gasteiger partial charge in [-0.25, -0.2) is 14.4 Å². The smallest absolute Gasteiger partial charge is 0.272 e. The number of amides is 1. The van der Waals surface area contributed by atoms with E-state index in [1.54, 1.807) is 24.4 Å². The minimum atomic E-state index is -0.222. The molecule has 0 atom stereocenters. The number of aromatic nitrogens is 2. The number of hydrogen-bond donors (Lipinski definition) is 0. The molecule has 0 radical (unpaired) electrons. The fraction of sp³-hybridized carbons (Fsp3) is 0.421. The van der Waals surface area contributed by atoms with Crippen LogP contribution < -0.4 is 9.80 Å². The minimum absolute atomic E-state index is 0.00361. The first kappa shape index (κ1) is 16.8. The molecule has 7 heteroatoms. The van der Waals surface area contributed by atoms with Crippen molar-refractivity contribution in [1.82, 2.24) is 14.9 Å². The van der Waals surface area contributed by atoms with Crippen molar-refractivity contribution in [2.45, 2.75) is 12.8 Å². The number of carbonyl (C=O) groups is 1. The number of carbonyl (C=O) groups excluding carboxylic acids is 1. The van der Waals surface area contributed by atoms with Crippen LogP contribution in [0.4, 0.5) is 16.0 Å².